The Hall–Kier alpha value is -3.09. The number of ether oxygens (including phenoxy) is 2. The summed E-state index contributed by atoms with van der Waals surface area (Å²) in [4.78, 5) is 14.3. The molecule has 0 aromatic heterocycles. The highest BCUT2D eigenvalue weighted by molar-refractivity contribution is 9.10. The quantitative estimate of drug-likeness (QED) is 0.256. The fraction of sp³-hybridized carbons (Fsp3) is 0.0800. The molecule has 0 aliphatic rings. The van der Waals surface area contributed by atoms with Gasteiger partial charge in [0.1, 0.15) is 5.75 Å². The number of carbonyl (C=O) groups excluding carboxylic acids is 1. The van der Waals surface area contributed by atoms with Crippen LogP contribution in [0.2, 0.25) is 5.02 Å². The molecule has 0 N–H and O–H groups in total. The summed E-state index contributed by atoms with van der Waals surface area (Å²) in [6, 6.07) is 21.2. The van der Waals surface area contributed by atoms with Gasteiger partial charge in [0.15, 0.2) is 5.82 Å². The van der Waals surface area contributed by atoms with Crippen LogP contribution in [0.3, 0.4) is 0 Å². The van der Waals surface area contributed by atoms with Gasteiger partial charge in [-0.3, -0.25) is 0 Å². The normalized spacial score (nSPS) is 10.8. The Morgan fingerprint density at radius 3 is 2.50 bits per heavy atom. The first-order valence-electron chi connectivity index (χ1n) is 9.64. The van der Waals surface area contributed by atoms with Crippen LogP contribution >= 0.6 is 27.5 Å². The van der Waals surface area contributed by atoms with Gasteiger partial charge in [0.2, 0.25) is 0 Å². The van der Waals surface area contributed by atoms with Crippen LogP contribution in [0.5, 0.6) is 5.75 Å². The fourth-order valence-electron chi connectivity index (χ4n) is 3.64. The van der Waals surface area contributed by atoms with Gasteiger partial charge in [0, 0.05) is 9.86 Å². The lowest BCUT2D eigenvalue weighted by atomic mass is 10.0. The highest BCUT2D eigenvalue weighted by atomic mass is 79.9. The molecule has 4 aromatic carbocycles. The standard InChI is InChI=1S/C25H18BrClFNO3/c1-31-22-13-10-15-6-3-4-7-17(15)24(22)29(20-9-5-8-19(27)23(20)28)21-14-16(26)11-12-18(21)25(30)32-2/h3-14H,1-2H3. The van der Waals surface area contributed by atoms with Crippen molar-refractivity contribution in [2.24, 2.45) is 0 Å². The molecular formula is C25H18BrClFNO3. The van der Waals surface area contributed by atoms with Gasteiger partial charge in [0.25, 0.3) is 0 Å². The molecule has 0 heterocycles. The van der Waals surface area contributed by atoms with Crippen molar-refractivity contribution < 1.29 is 18.7 Å². The summed E-state index contributed by atoms with van der Waals surface area (Å²) in [5.41, 5.74) is 1.39. The Morgan fingerprint density at radius 1 is 0.969 bits per heavy atom. The van der Waals surface area contributed by atoms with Crippen molar-refractivity contribution in [2.75, 3.05) is 19.1 Å². The van der Waals surface area contributed by atoms with Crippen LogP contribution in [0.15, 0.2) is 77.3 Å². The van der Waals surface area contributed by atoms with E-state index in [0.717, 1.165) is 10.8 Å². The number of nitrogens with zero attached hydrogens (tertiary/aromatic N) is 1. The Labute approximate surface area is 198 Å². The largest absolute Gasteiger partial charge is 0.495 e. The minimum atomic E-state index is -0.625. The van der Waals surface area contributed by atoms with Gasteiger partial charge in [-0.05, 0) is 41.8 Å². The lowest BCUT2D eigenvalue weighted by Crippen LogP contribution is -2.17. The lowest BCUT2D eigenvalue weighted by molar-refractivity contribution is 0.0601. The summed E-state index contributed by atoms with van der Waals surface area (Å²) < 4.78 is 26.8. The van der Waals surface area contributed by atoms with Crippen LogP contribution in [0, 0.1) is 5.82 Å². The predicted molar refractivity (Wildman–Crippen MR) is 129 cm³/mol. The van der Waals surface area contributed by atoms with E-state index in [1.165, 1.54) is 13.2 Å². The van der Waals surface area contributed by atoms with Crippen molar-refractivity contribution in [3.05, 3.63) is 93.7 Å². The van der Waals surface area contributed by atoms with E-state index in [-0.39, 0.29) is 16.3 Å². The minimum Gasteiger partial charge on any atom is -0.495 e. The van der Waals surface area contributed by atoms with Crippen molar-refractivity contribution in [1.82, 2.24) is 0 Å². The molecule has 32 heavy (non-hydrogen) atoms. The second kappa shape index (κ2) is 9.18. The zero-order chi connectivity index (χ0) is 22.8. The molecule has 7 heteroatoms. The third-order valence-corrected chi connectivity index (χ3v) is 5.87. The van der Waals surface area contributed by atoms with Crippen LogP contribution in [0.1, 0.15) is 10.4 Å². The first-order valence-corrected chi connectivity index (χ1v) is 10.8. The molecule has 0 amide bonds. The monoisotopic (exact) mass is 513 g/mol. The fourth-order valence-corrected chi connectivity index (χ4v) is 4.16. The Morgan fingerprint density at radius 2 is 1.75 bits per heavy atom. The molecule has 0 atom stereocenters. The third-order valence-electron chi connectivity index (χ3n) is 5.09. The molecule has 0 saturated heterocycles. The van der Waals surface area contributed by atoms with E-state index in [4.69, 9.17) is 21.1 Å². The first kappa shape index (κ1) is 22.1. The van der Waals surface area contributed by atoms with E-state index in [9.17, 15) is 4.79 Å². The Balaban J connectivity index is 2.16. The second-order valence-corrected chi connectivity index (χ2v) is 8.22. The summed E-state index contributed by atoms with van der Waals surface area (Å²) in [7, 11) is 2.85. The predicted octanol–water partition coefficient (Wildman–Crippen LogP) is 7.66. The number of carbonyl (C=O) groups is 1. The number of anilines is 3. The molecule has 0 aliphatic heterocycles. The Bertz CT molecular complexity index is 1330. The van der Waals surface area contributed by atoms with Crippen LogP contribution in [-0.2, 0) is 4.74 Å². The number of halogens is 3. The van der Waals surface area contributed by atoms with E-state index < -0.39 is 11.8 Å². The number of hydrogen-bond acceptors (Lipinski definition) is 4. The van der Waals surface area contributed by atoms with Gasteiger partial charge >= 0.3 is 5.97 Å². The van der Waals surface area contributed by atoms with Gasteiger partial charge in [0.05, 0.1) is 41.9 Å². The third kappa shape index (κ3) is 3.92. The summed E-state index contributed by atoms with van der Waals surface area (Å²) in [6.07, 6.45) is 0. The molecule has 0 spiro atoms. The maximum atomic E-state index is 15.4. The van der Waals surface area contributed by atoms with Crippen molar-refractivity contribution in [1.29, 1.82) is 0 Å². The number of methoxy groups -OCH3 is 2. The molecule has 162 valence electrons. The lowest BCUT2D eigenvalue weighted by Gasteiger charge is -2.30. The number of benzene rings is 4. The minimum absolute atomic E-state index is 0.0404. The topological polar surface area (TPSA) is 38.8 Å². The summed E-state index contributed by atoms with van der Waals surface area (Å²) in [5.74, 6) is -0.682. The molecular weight excluding hydrogens is 497 g/mol. The highest BCUT2D eigenvalue weighted by Gasteiger charge is 2.27. The number of esters is 1. The van der Waals surface area contributed by atoms with Crippen molar-refractivity contribution >= 4 is 61.3 Å². The molecule has 0 radical (unpaired) electrons. The zero-order valence-electron chi connectivity index (χ0n) is 17.2. The van der Waals surface area contributed by atoms with Crippen LogP contribution in [0.4, 0.5) is 21.5 Å². The van der Waals surface area contributed by atoms with Crippen LogP contribution < -0.4 is 9.64 Å². The van der Waals surface area contributed by atoms with Gasteiger partial charge in [-0.25, -0.2) is 9.18 Å². The van der Waals surface area contributed by atoms with Gasteiger partial charge in [-0.15, -0.1) is 0 Å². The van der Waals surface area contributed by atoms with Gasteiger partial charge in [-0.1, -0.05) is 63.9 Å². The smallest absolute Gasteiger partial charge is 0.339 e. The highest BCUT2D eigenvalue weighted by Crippen LogP contribution is 2.47. The Kier molecular flexibility index (Phi) is 6.35. The van der Waals surface area contributed by atoms with E-state index in [1.807, 2.05) is 36.4 Å². The maximum Gasteiger partial charge on any atom is 0.339 e. The summed E-state index contributed by atoms with van der Waals surface area (Å²) >= 11 is 9.62. The van der Waals surface area contributed by atoms with E-state index in [0.29, 0.717) is 21.6 Å². The SMILES string of the molecule is COC(=O)c1ccc(Br)cc1N(c1cccc(Cl)c1F)c1c(OC)ccc2ccccc12. The molecule has 4 rings (SSSR count). The average Bonchev–Trinajstić information content (AvgIpc) is 2.81. The van der Waals surface area contributed by atoms with E-state index in [2.05, 4.69) is 15.9 Å². The van der Waals surface area contributed by atoms with E-state index in [1.54, 1.807) is 42.3 Å². The zero-order valence-corrected chi connectivity index (χ0v) is 19.6. The molecule has 0 bridgehead atoms. The van der Waals surface area contributed by atoms with Crippen molar-refractivity contribution in [3.8, 4) is 5.75 Å². The number of fused-ring (bicyclic) bond motifs is 1. The molecule has 4 aromatic rings. The first-order chi connectivity index (χ1) is 15.5. The van der Waals surface area contributed by atoms with Crippen molar-refractivity contribution in [2.45, 2.75) is 0 Å². The maximum absolute atomic E-state index is 15.4. The molecule has 0 aliphatic carbocycles. The summed E-state index contributed by atoms with van der Waals surface area (Å²) in [5, 5.41) is 1.69. The molecule has 4 nitrogen and oxygen atoms in total. The molecule has 0 unspecified atom stereocenters. The number of hydrogen-bond donors (Lipinski definition) is 0. The van der Waals surface area contributed by atoms with Crippen LogP contribution in [0.25, 0.3) is 10.8 Å². The number of rotatable bonds is 5. The summed E-state index contributed by atoms with van der Waals surface area (Å²) in [6.45, 7) is 0. The van der Waals surface area contributed by atoms with Gasteiger partial charge < -0.3 is 14.4 Å². The van der Waals surface area contributed by atoms with Crippen molar-refractivity contribution in [3.63, 3.8) is 0 Å². The second-order valence-electron chi connectivity index (χ2n) is 6.90. The average molecular weight is 515 g/mol. The van der Waals surface area contributed by atoms with Crippen LogP contribution in [-0.4, -0.2) is 20.2 Å². The molecule has 0 saturated carbocycles. The van der Waals surface area contributed by atoms with Gasteiger partial charge in [-0.2, -0.15) is 0 Å². The molecule has 0 fully saturated rings. The van der Waals surface area contributed by atoms with E-state index >= 15 is 4.39 Å².